The molecule has 1 N–H and O–H groups in total. The summed E-state index contributed by atoms with van der Waals surface area (Å²) >= 11 is 3.22. The monoisotopic (exact) mass is 267 g/mol. The van der Waals surface area contributed by atoms with Crippen molar-refractivity contribution in [1.82, 2.24) is 5.32 Å². The fourth-order valence-electron chi connectivity index (χ4n) is 0.783. The fourth-order valence-corrected chi connectivity index (χ4v) is 1.20. The predicted molar refractivity (Wildman–Crippen MR) is 58.7 cm³/mol. The van der Waals surface area contributed by atoms with E-state index in [0.717, 1.165) is 0 Å². The highest BCUT2D eigenvalue weighted by atomic mass is 79.9. The van der Waals surface area contributed by atoms with Crippen LogP contribution in [0.1, 0.15) is 13.8 Å². The highest BCUT2D eigenvalue weighted by Gasteiger charge is 2.18. The largest absolute Gasteiger partial charge is 0.468 e. The standard InChI is InChI=1S/C9H18BrNO3/c1-9(2,14-4)6-11-5-7(10)8(12)13-3/h7,11H,5-6H2,1-4H3. The number of nitrogens with one attached hydrogen (secondary N) is 1. The van der Waals surface area contributed by atoms with Gasteiger partial charge in [0.1, 0.15) is 4.83 Å². The number of alkyl halides is 1. The lowest BCUT2D eigenvalue weighted by molar-refractivity contribution is -0.139. The molecule has 0 heterocycles. The molecule has 0 aromatic carbocycles. The predicted octanol–water partition coefficient (Wildman–Crippen LogP) is 0.937. The van der Waals surface area contributed by atoms with Crippen LogP contribution in [0.15, 0.2) is 0 Å². The summed E-state index contributed by atoms with van der Waals surface area (Å²) in [6, 6.07) is 0. The van der Waals surface area contributed by atoms with Gasteiger partial charge in [-0.3, -0.25) is 4.79 Å². The summed E-state index contributed by atoms with van der Waals surface area (Å²) in [7, 11) is 3.03. The number of hydrogen-bond donors (Lipinski definition) is 1. The molecule has 0 aliphatic heterocycles. The van der Waals surface area contributed by atoms with Crippen molar-refractivity contribution in [1.29, 1.82) is 0 Å². The Bertz CT molecular complexity index is 185. The van der Waals surface area contributed by atoms with Crippen LogP contribution in [0.25, 0.3) is 0 Å². The van der Waals surface area contributed by atoms with Gasteiger partial charge < -0.3 is 14.8 Å². The van der Waals surface area contributed by atoms with E-state index in [2.05, 4.69) is 26.0 Å². The van der Waals surface area contributed by atoms with Gasteiger partial charge >= 0.3 is 5.97 Å². The number of hydrogen-bond acceptors (Lipinski definition) is 4. The summed E-state index contributed by atoms with van der Waals surface area (Å²) in [4.78, 5) is 10.7. The summed E-state index contributed by atoms with van der Waals surface area (Å²) in [6.07, 6.45) is 0. The van der Waals surface area contributed by atoms with Crippen LogP contribution in [-0.4, -0.2) is 43.7 Å². The van der Waals surface area contributed by atoms with Gasteiger partial charge in [-0.2, -0.15) is 0 Å². The molecule has 0 saturated heterocycles. The Balaban J connectivity index is 3.69. The van der Waals surface area contributed by atoms with Crippen molar-refractivity contribution < 1.29 is 14.3 Å². The van der Waals surface area contributed by atoms with Crippen molar-refractivity contribution in [3.63, 3.8) is 0 Å². The molecule has 84 valence electrons. The van der Waals surface area contributed by atoms with Crippen molar-refractivity contribution in [2.24, 2.45) is 0 Å². The second kappa shape index (κ2) is 6.37. The minimum absolute atomic E-state index is 0.219. The van der Waals surface area contributed by atoms with Crippen LogP contribution >= 0.6 is 15.9 Å². The van der Waals surface area contributed by atoms with Crippen molar-refractivity contribution in [2.45, 2.75) is 24.3 Å². The molecule has 0 radical (unpaired) electrons. The molecule has 0 amide bonds. The molecule has 4 nitrogen and oxygen atoms in total. The zero-order valence-corrected chi connectivity index (χ0v) is 10.7. The van der Waals surface area contributed by atoms with Crippen LogP contribution in [0.3, 0.4) is 0 Å². The second-order valence-electron chi connectivity index (χ2n) is 3.59. The molecule has 0 aromatic rings. The third kappa shape index (κ3) is 5.57. The number of halogens is 1. The number of esters is 1. The number of ether oxygens (including phenoxy) is 2. The van der Waals surface area contributed by atoms with E-state index in [4.69, 9.17) is 4.74 Å². The van der Waals surface area contributed by atoms with Crippen LogP contribution in [0.2, 0.25) is 0 Å². The summed E-state index contributed by atoms with van der Waals surface area (Å²) in [6.45, 7) is 5.16. The molecule has 0 aliphatic rings. The fraction of sp³-hybridized carbons (Fsp3) is 0.889. The number of carbonyl (C=O) groups is 1. The van der Waals surface area contributed by atoms with Gasteiger partial charge in [-0.25, -0.2) is 0 Å². The normalized spacial score (nSPS) is 13.8. The van der Waals surface area contributed by atoms with Crippen molar-refractivity contribution in [3.05, 3.63) is 0 Å². The Morgan fingerprint density at radius 3 is 2.50 bits per heavy atom. The lowest BCUT2D eigenvalue weighted by Gasteiger charge is -2.23. The first-order chi connectivity index (χ1) is 6.43. The molecular formula is C9H18BrNO3. The Kier molecular flexibility index (Phi) is 6.31. The van der Waals surface area contributed by atoms with Gasteiger partial charge in [0.25, 0.3) is 0 Å². The average molecular weight is 268 g/mol. The Morgan fingerprint density at radius 2 is 2.07 bits per heavy atom. The van der Waals surface area contributed by atoms with Gasteiger partial charge in [-0.15, -0.1) is 0 Å². The molecule has 0 aliphatic carbocycles. The van der Waals surface area contributed by atoms with Gasteiger partial charge in [0.15, 0.2) is 0 Å². The van der Waals surface area contributed by atoms with Crippen LogP contribution < -0.4 is 5.32 Å². The maximum absolute atomic E-state index is 11.0. The third-order valence-corrected chi connectivity index (χ3v) is 2.58. The third-order valence-electron chi connectivity index (χ3n) is 1.88. The lowest BCUT2D eigenvalue weighted by atomic mass is 10.1. The van der Waals surface area contributed by atoms with E-state index in [-0.39, 0.29) is 16.4 Å². The zero-order valence-electron chi connectivity index (χ0n) is 9.09. The highest BCUT2D eigenvalue weighted by Crippen LogP contribution is 2.06. The molecule has 14 heavy (non-hydrogen) atoms. The van der Waals surface area contributed by atoms with E-state index >= 15 is 0 Å². The van der Waals surface area contributed by atoms with E-state index in [0.29, 0.717) is 13.1 Å². The van der Waals surface area contributed by atoms with Crippen molar-refractivity contribution >= 4 is 21.9 Å². The van der Waals surface area contributed by atoms with Gasteiger partial charge in [0.05, 0.1) is 12.7 Å². The number of carbonyl (C=O) groups excluding carboxylic acids is 1. The number of rotatable bonds is 6. The Labute approximate surface area is 93.5 Å². The number of methoxy groups -OCH3 is 2. The molecule has 1 atom stereocenters. The summed E-state index contributed by atoms with van der Waals surface area (Å²) in [5, 5.41) is 3.12. The first-order valence-corrected chi connectivity index (χ1v) is 5.32. The first-order valence-electron chi connectivity index (χ1n) is 4.40. The molecule has 1 unspecified atom stereocenters. The summed E-state index contributed by atoms with van der Waals surface area (Å²) < 4.78 is 9.78. The van der Waals surface area contributed by atoms with E-state index in [9.17, 15) is 4.79 Å². The Hall–Kier alpha value is -0.130. The summed E-state index contributed by atoms with van der Waals surface area (Å²) in [5.41, 5.74) is -0.219. The molecular weight excluding hydrogens is 250 g/mol. The summed E-state index contributed by atoms with van der Waals surface area (Å²) in [5.74, 6) is -0.271. The second-order valence-corrected chi connectivity index (χ2v) is 4.69. The first kappa shape index (κ1) is 13.9. The molecule has 0 bridgehead atoms. The molecule has 0 aromatic heterocycles. The molecule has 0 spiro atoms. The maximum Gasteiger partial charge on any atom is 0.320 e. The van der Waals surface area contributed by atoms with Crippen LogP contribution in [0, 0.1) is 0 Å². The van der Waals surface area contributed by atoms with Crippen LogP contribution in [0.4, 0.5) is 0 Å². The molecule has 0 fully saturated rings. The Morgan fingerprint density at radius 1 is 1.50 bits per heavy atom. The van der Waals surface area contributed by atoms with Crippen LogP contribution in [0.5, 0.6) is 0 Å². The minimum atomic E-state index is -0.305. The smallest absolute Gasteiger partial charge is 0.320 e. The van der Waals surface area contributed by atoms with E-state index in [1.807, 2.05) is 13.8 Å². The van der Waals surface area contributed by atoms with Gasteiger partial charge in [-0.1, -0.05) is 15.9 Å². The lowest BCUT2D eigenvalue weighted by Crippen LogP contribution is -2.40. The van der Waals surface area contributed by atoms with E-state index in [1.165, 1.54) is 7.11 Å². The molecule has 0 rings (SSSR count). The highest BCUT2D eigenvalue weighted by molar-refractivity contribution is 9.10. The quantitative estimate of drug-likeness (QED) is 0.575. The van der Waals surface area contributed by atoms with E-state index in [1.54, 1.807) is 7.11 Å². The molecule has 5 heteroatoms. The van der Waals surface area contributed by atoms with Crippen LogP contribution in [-0.2, 0) is 14.3 Å². The van der Waals surface area contributed by atoms with Crippen molar-refractivity contribution in [2.75, 3.05) is 27.3 Å². The topological polar surface area (TPSA) is 47.6 Å². The SMILES string of the molecule is COC(=O)C(Br)CNCC(C)(C)OC. The van der Waals surface area contributed by atoms with Crippen molar-refractivity contribution in [3.8, 4) is 0 Å². The van der Waals surface area contributed by atoms with Gasteiger partial charge in [-0.05, 0) is 13.8 Å². The van der Waals surface area contributed by atoms with E-state index < -0.39 is 0 Å². The van der Waals surface area contributed by atoms with Gasteiger partial charge in [0, 0.05) is 20.2 Å². The average Bonchev–Trinajstić information content (AvgIpc) is 2.16. The minimum Gasteiger partial charge on any atom is -0.468 e. The zero-order chi connectivity index (χ0) is 11.2. The molecule has 0 saturated carbocycles. The maximum atomic E-state index is 11.0. The van der Waals surface area contributed by atoms with Gasteiger partial charge in [0.2, 0.25) is 0 Å².